The Morgan fingerprint density at radius 2 is 1.09 bits per heavy atom. The Hall–Kier alpha value is -4.85. The standard InChI is InChI=1S/C33H35N3O8S2/c1-5-35(45(39,40)30-17-13-28(43-3)14-18-30)26-11-7-9-24(21-26)32(23-33(37)34-38)25-10-8-12-27(22-25)36(6-2)46(41,42)31-19-15-29(44-4)16-20-31/h7-23,38H,5-6H2,1-4H3,(H,34,37). The second kappa shape index (κ2) is 14.5. The average molecular weight is 666 g/mol. The number of benzene rings is 4. The topological polar surface area (TPSA) is 143 Å². The number of nitrogens with zero attached hydrogens (tertiary/aromatic N) is 2. The Labute approximate surface area is 269 Å². The van der Waals surface area contributed by atoms with Crippen LogP contribution in [0.3, 0.4) is 0 Å². The number of carbonyl (C=O) groups is 1. The predicted molar refractivity (Wildman–Crippen MR) is 176 cm³/mol. The molecule has 2 N–H and O–H groups in total. The third-order valence-electron chi connectivity index (χ3n) is 7.15. The maximum absolute atomic E-state index is 13.6. The molecule has 0 fully saturated rings. The van der Waals surface area contributed by atoms with Crippen LogP contribution in [0.2, 0.25) is 0 Å². The Balaban J connectivity index is 1.78. The Morgan fingerprint density at radius 1 is 0.696 bits per heavy atom. The molecule has 0 aliphatic carbocycles. The molecule has 4 aromatic rings. The highest BCUT2D eigenvalue weighted by atomic mass is 32.2. The fourth-order valence-electron chi connectivity index (χ4n) is 4.89. The third-order valence-corrected chi connectivity index (χ3v) is 11.0. The molecule has 0 atom stereocenters. The van der Waals surface area contributed by atoms with Gasteiger partial charge in [0.05, 0.1) is 35.4 Å². The minimum atomic E-state index is -3.97. The molecule has 46 heavy (non-hydrogen) atoms. The molecule has 0 saturated carbocycles. The number of rotatable bonds is 13. The molecular formula is C33H35N3O8S2. The molecule has 13 heteroatoms. The molecule has 0 aliphatic rings. The summed E-state index contributed by atoms with van der Waals surface area (Å²) in [6, 6.07) is 25.3. The van der Waals surface area contributed by atoms with Gasteiger partial charge in [-0.05, 0) is 103 Å². The molecular weight excluding hydrogens is 631 g/mol. The Kier molecular flexibility index (Phi) is 10.7. The van der Waals surface area contributed by atoms with E-state index in [9.17, 15) is 26.8 Å². The van der Waals surface area contributed by atoms with E-state index >= 15 is 0 Å². The number of nitrogens with one attached hydrogen (secondary N) is 1. The lowest BCUT2D eigenvalue weighted by Gasteiger charge is -2.25. The molecule has 4 rings (SSSR count). The number of carbonyl (C=O) groups excluding carboxylic acids is 1. The van der Waals surface area contributed by atoms with Gasteiger partial charge in [-0.3, -0.25) is 18.6 Å². The highest BCUT2D eigenvalue weighted by Crippen LogP contribution is 2.33. The maximum Gasteiger partial charge on any atom is 0.267 e. The van der Waals surface area contributed by atoms with Gasteiger partial charge in [-0.2, -0.15) is 0 Å². The van der Waals surface area contributed by atoms with Gasteiger partial charge < -0.3 is 9.47 Å². The van der Waals surface area contributed by atoms with E-state index in [1.807, 2.05) is 0 Å². The fourth-order valence-corrected chi connectivity index (χ4v) is 7.82. The quantitative estimate of drug-likeness (QED) is 0.115. The van der Waals surface area contributed by atoms with Crippen molar-refractivity contribution in [2.45, 2.75) is 23.6 Å². The van der Waals surface area contributed by atoms with Crippen LogP contribution in [0.15, 0.2) is 113 Å². The van der Waals surface area contributed by atoms with Gasteiger partial charge in [-0.15, -0.1) is 0 Å². The highest BCUT2D eigenvalue weighted by molar-refractivity contribution is 7.93. The van der Waals surface area contributed by atoms with E-state index in [1.54, 1.807) is 92.1 Å². The number of sulfonamides is 2. The normalized spacial score (nSPS) is 11.3. The highest BCUT2D eigenvalue weighted by Gasteiger charge is 2.26. The van der Waals surface area contributed by atoms with Crippen molar-refractivity contribution in [3.63, 3.8) is 0 Å². The minimum Gasteiger partial charge on any atom is -0.497 e. The molecule has 0 unspecified atom stereocenters. The zero-order chi connectivity index (χ0) is 33.5. The van der Waals surface area contributed by atoms with Crippen LogP contribution in [0.25, 0.3) is 5.57 Å². The zero-order valence-corrected chi connectivity index (χ0v) is 27.4. The molecule has 4 aromatic carbocycles. The molecule has 0 radical (unpaired) electrons. The van der Waals surface area contributed by atoms with Crippen LogP contribution in [0.1, 0.15) is 25.0 Å². The van der Waals surface area contributed by atoms with E-state index in [0.717, 1.165) is 6.08 Å². The molecule has 11 nitrogen and oxygen atoms in total. The molecule has 242 valence electrons. The van der Waals surface area contributed by atoms with Crippen molar-refractivity contribution in [3.05, 3.63) is 114 Å². The smallest absolute Gasteiger partial charge is 0.267 e. The lowest BCUT2D eigenvalue weighted by Crippen LogP contribution is -2.31. The van der Waals surface area contributed by atoms with E-state index in [-0.39, 0.29) is 22.9 Å². The molecule has 0 bridgehead atoms. The van der Waals surface area contributed by atoms with E-state index < -0.39 is 26.0 Å². The molecule has 0 aromatic heterocycles. The Morgan fingerprint density at radius 3 is 1.41 bits per heavy atom. The van der Waals surface area contributed by atoms with E-state index in [2.05, 4.69) is 0 Å². The summed E-state index contributed by atoms with van der Waals surface area (Å²) in [5.41, 5.74) is 3.46. The van der Waals surface area contributed by atoms with Gasteiger partial charge in [0.2, 0.25) is 0 Å². The first-order valence-electron chi connectivity index (χ1n) is 14.2. The van der Waals surface area contributed by atoms with Gasteiger partial charge in [0.1, 0.15) is 11.5 Å². The SMILES string of the molecule is CCN(c1cccc(C(=CC(=O)NO)c2cccc(N(CC)S(=O)(=O)c3ccc(OC)cc3)c2)c1)S(=O)(=O)c1ccc(OC)cc1. The summed E-state index contributed by atoms with van der Waals surface area (Å²) in [6.07, 6.45) is 1.15. The largest absolute Gasteiger partial charge is 0.497 e. The monoisotopic (exact) mass is 665 g/mol. The lowest BCUT2D eigenvalue weighted by atomic mass is 9.96. The number of methoxy groups -OCH3 is 2. The second-order valence-corrected chi connectivity index (χ2v) is 13.5. The van der Waals surface area contributed by atoms with Gasteiger partial charge in [-0.1, -0.05) is 24.3 Å². The molecule has 0 aliphatic heterocycles. The van der Waals surface area contributed by atoms with Crippen LogP contribution >= 0.6 is 0 Å². The van der Waals surface area contributed by atoms with Gasteiger partial charge >= 0.3 is 0 Å². The predicted octanol–water partition coefficient (Wildman–Crippen LogP) is 5.07. The van der Waals surface area contributed by atoms with Crippen LogP contribution in [0, 0.1) is 0 Å². The third kappa shape index (κ3) is 7.17. The van der Waals surface area contributed by atoms with Crippen molar-refractivity contribution >= 4 is 42.9 Å². The number of hydrogen-bond donors (Lipinski definition) is 2. The average Bonchev–Trinajstić information content (AvgIpc) is 3.07. The second-order valence-electron chi connectivity index (χ2n) is 9.83. The molecule has 0 spiro atoms. The van der Waals surface area contributed by atoms with Gasteiger partial charge in [0, 0.05) is 19.2 Å². The number of hydroxylamine groups is 1. The first kappa shape index (κ1) is 34.0. The van der Waals surface area contributed by atoms with Crippen molar-refractivity contribution in [1.82, 2.24) is 5.48 Å². The minimum absolute atomic E-state index is 0.0707. The van der Waals surface area contributed by atoms with Crippen molar-refractivity contribution in [2.75, 3.05) is 35.9 Å². The van der Waals surface area contributed by atoms with Crippen LogP contribution in [0.5, 0.6) is 11.5 Å². The van der Waals surface area contributed by atoms with E-state index in [4.69, 9.17) is 9.47 Å². The zero-order valence-electron chi connectivity index (χ0n) is 25.7. The summed E-state index contributed by atoms with van der Waals surface area (Å²) in [5, 5.41) is 9.34. The summed E-state index contributed by atoms with van der Waals surface area (Å²) in [7, 11) is -4.97. The maximum atomic E-state index is 13.6. The first-order valence-corrected chi connectivity index (χ1v) is 17.1. The summed E-state index contributed by atoms with van der Waals surface area (Å²) in [6.45, 7) is 3.63. The molecule has 0 saturated heterocycles. The first-order chi connectivity index (χ1) is 22.0. The van der Waals surface area contributed by atoms with Crippen molar-refractivity contribution < 1.29 is 36.3 Å². The van der Waals surface area contributed by atoms with E-state index in [0.29, 0.717) is 39.6 Å². The van der Waals surface area contributed by atoms with Gasteiger partial charge in [0.25, 0.3) is 26.0 Å². The van der Waals surface area contributed by atoms with Crippen molar-refractivity contribution in [3.8, 4) is 11.5 Å². The molecule has 1 amide bonds. The number of hydrogen-bond acceptors (Lipinski definition) is 8. The van der Waals surface area contributed by atoms with E-state index in [1.165, 1.54) is 47.1 Å². The van der Waals surface area contributed by atoms with Gasteiger partial charge in [-0.25, -0.2) is 22.3 Å². The summed E-state index contributed by atoms with van der Waals surface area (Å²) < 4.78 is 67.3. The molecule has 0 heterocycles. The summed E-state index contributed by atoms with van der Waals surface area (Å²) >= 11 is 0. The lowest BCUT2D eigenvalue weighted by molar-refractivity contribution is -0.124. The van der Waals surface area contributed by atoms with Crippen LogP contribution in [-0.2, 0) is 24.8 Å². The number of ether oxygens (including phenoxy) is 2. The fraction of sp³-hybridized carbons (Fsp3) is 0.182. The number of amides is 1. The van der Waals surface area contributed by atoms with Crippen molar-refractivity contribution in [2.24, 2.45) is 0 Å². The summed E-state index contributed by atoms with van der Waals surface area (Å²) in [4.78, 5) is 12.6. The number of anilines is 2. The summed E-state index contributed by atoms with van der Waals surface area (Å²) in [5.74, 6) is 0.199. The van der Waals surface area contributed by atoms with Crippen LogP contribution < -0.4 is 23.6 Å². The van der Waals surface area contributed by atoms with Crippen molar-refractivity contribution in [1.29, 1.82) is 0 Å². The Bertz CT molecular complexity index is 1800. The van der Waals surface area contributed by atoms with Crippen LogP contribution in [-0.4, -0.2) is 55.3 Å². The van der Waals surface area contributed by atoms with Crippen LogP contribution in [0.4, 0.5) is 11.4 Å². The van der Waals surface area contributed by atoms with Gasteiger partial charge in [0.15, 0.2) is 0 Å².